The van der Waals surface area contributed by atoms with E-state index in [1.54, 1.807) is 25.3 Å². The molecule has 1 heterocycles. The lowest BCUT2D eigenvalue weighted by atomic mass is 9.99. The second-order valence-corrected chi connectivity index (χ2v) is 7.84. The van der Waals surface area contributed by atoms with Crippen molar-refractivity contribution in [1.29, 1.82) is 5.41 Å². The zero-order chi connectivity index (χ0) is 23.7. The van der Waals surface area contributed by atoms with Gasteiger partial charge in [0.15, 0.2) is 23.1 Å². The van der Waals surface area contributed by atoms with Crippen LogP contribution in [0, 0.1) is 11.2 Å². The lowest BCUT2D eigenvalue weighted by molar-refractivity contribution is 0.0962. The summed E-state index contributed by atoms with van der Waals surface area (Å²) in [6.07, 6.45) is 0. The summed E-state index contributed by atoms with van der Waals surface area (Å²) in [5, 5.41) is 8.46. The quantitative estimate of drug-likeness (QED) is 0.513. The molecule has 0 aliphatic carbocycles. The number of ketones is 1. The number of rotatable bonds is 8. The summed E-state index contributed by atoms with van der Waals surface area (Å²) >= 11 is 0. The number of allylic oxidation sites excluding steroid dienone is 1. The second kappa shape index (κ2) is 10.2. The summed E-state index contributed by atoms with van der Waals surface area (Å²) in [5.74, 6) is -0.0848. The molecule has 0 saturated carbocycles. The highest BCUT2D eigenvalue weighted by Crippen LogP contribution is 2.39. The first-order valence-corrected chi connectivity index (χ1v) is 10.00. The third-order valence-corrected chi connectivity index (χ3v) is 5.48. The van der Waals surface area contributed by atoms with Crippen LogP contribution in [0.15, 0.2) is 24.8 Å². The van der Waals surface area contributed by atoms with Gasteiger partial charge in [0.05, 0.1) is 39.1 Å². The Morgan fingerprint density at radius 3 is 2.30 bits per heavy atom. The molecular formula is C24H29BrFN3O4. The van der Waals surface area contributed by atoms with E-state index in [1.807, 2.05) is 25.9 Å². The van der Waals surface area contributed by atoms with Gasteiger partial charge in [0.1, 0.15) is 11.6 Å². The van der Waals surface area contributed by atoms with Gasteiger partial charge in [-0.1, -0.05) is 6.58 Å². The Hall–Kier alpha value is -3.07. The van der Waals surface area contributed by atoms with Gasteiger partial charge in [0.2, 0.25) is 0 Å². The lowest BCUT2D eigenvalue weighted by Gasteiger charge is -2.22. The first-order valence-electron chi connectivity index (χ1n) is 10.00. The van der Waals surface area contributed by atoms with Crippen LogP contribution in [-0.2, 0) is 6.54 Å². The van der Waals surface area contributed by atoms with Gasteiger partial charge in [0.25, 0.3) is 0 Å². The van der Waals surface area contributed by atoms with Crippen molar-refractivity contribution in [3.8, 4) is 17.2 Å². The molecule has 2 aromatic rings. The van der Waals surface area contributed by atoms with Gasteiger partial charge in [-0.05, 0) is 36.3 Å². The van der Waals surface area contributed by atoms with E-state index in [1.165, 1.54) is 19.1 Å². The monoisotopic (exact) mass is 521 g/mol. The smallest absolute Gasteiger partial charge is 0.197 e. The molecule has 0 radical (unpaired) electrons. The molecule has 0 unspecified atom stereocenters. The van der Waals surface area contributed by atoms with Crippen LogP contribution < -0.4 is 19.1 Å². The van der Waals surface area contributed by atoms with Gasteiger partial charge < -0.3 is 24.0 Å². The molecule has 0 bridgehead atoms. The number of methoxy groups -OCH3 is 3. The summed E-state index contributed by atoms with van der Waals surface area (Å²) in [6.45, 7) is 6.00. The van der Waals surface area contributed by atoms with Crippen LogP contribution >= 0.6 is 17.0 Å². The third-order valence-electron chi connectivity index (χ3n) is 5.48. The Kier molecular flexibility index (Phi) is 8.13. The highest BCUT2D eigenvalue weighted by Gasteiger charge is 2.33. The summed E-state index contributed by atoms with van der Waals surface area (Å²) in [6, 6.07) is 5.15. The van der Waals surface area contributed by atoms with Crippen LogP contribution in [0.3, 0.4) is 0 Å². The van der Waals surface area contributed by atoms with Crippen LogP contribution in [0.4, 0.5) is 10.1 Å². The number of carbonyl (C=O) groups is 1. The lowest BCUT2D eigenvalue weighted by Crippen LogP contribution is -2.30. The molecule has 0 aromatic heterocycles. The van der Waals surface area contributed by atoms with Crippen LogP contribution in [0.25, 0.3) is 5.57 Å². The summed E-state index contributed by atoms with van der Waals surface area (Å²) < 4.78 is 30.9. The largest absolute Gasteiger partial charge is 0.494 e. The van der Waals surface area contributed by atoms with Crippen molar-refractivity contribution in [2.45, 2.75) is 13.5 Å². The molecule has 0 spiro atoms. The van der Waals surface area contributed by atoms with Gasteiger partial charge in [-0.15, -0.1) is 17.0 Å². The molecule has 7 nitrogen and oxygen atoms in total. The number of benzene rings is 2. The number of ether oxygens (including phenoxy) is 3. The van der Waals surface area contributed by atoms with E-state index in [4.69, 9.17) is 19.6 Å². The van der Waals surface area contributed by atoms with Crippen molar-refractivity contribution in [2.75, 3.05) is 46.9 Å². The zero-order valence-corrected chi connectivity index (χ0v) is 21.4. The SMILES string of the molecule is Br.C=C(C)c1cc(C(=O)CN2Cc3cc(OC)c(OC)c(F)c3C2=N)cc(N(C)C)c1OC. The number of anilines is 1. The summed E-state index contributed by atoms with van der Waals surface area (Å²) in [5.41, 5.74) is 3.42. The molecule has 1 N–H and O–H groups in total. The Morgan fingerprint density at radius 1 is 1.15 bits per heavy atom. The number of hydrogen-bond donors (Lipinski definition) is 1. The number of halogens is 2. The minimum absolute atomic E-state index is 0. The molecule has 0 fully saturated rings. The van der Waals surface area contributed by atoms with E-state index in [-0.39, 0.29) is 58.8 Å². The van der Waals surface area contributed by atoms with Crippen molar-refractivity contribution in [3.05, 3.63) is 52.8 Å². The number of carbonyl (C=O) groups excluding carboxylic acids is 1. The Balaban J connectivity index is 0.00000385. The Labute approximate surface area is 204 Å². The summed E-state index contributed by atoms with van der Waals surface area (Å²) in [7, 11) is 8.08. The van der Waals surface area contributed by atoms with Crippen LogP contribution in [0.1, 0.15) is 34.0 Å². The van der Waals surface area contributed by atoms with Crippen molar-refractivity contribution in [3.63, 3.8) is 0 Å². The standard InChI is InChI=1S/C24H28FN3O4.BrH/c1-13(2)16-8-14(9-17(27(3)4)22(16)31-6)18(29)12-28-11-15-10-19(30-5)23(32-7)21(25)20(15)24(28)26;/h8-10,26H,1,11-12H2,2-7H3;1H. The molecule has 0 atom stereocenters. The molecule has 1 aliphatic rings. The van der Waals surface area contributed by atoms with E-state index < -0.39 is 5.82 Å². The van der Waals surface area contributed by atoms with Gasteiger partial charge in [-0.3, -0.25) is 10.2 Å². The van der Waals surface area contributed by atoms with Crippen molar-refractivity contribution >= 4 is 39.9 Å². The average molecular weight is 522 g/mol. The van der Waals surface area contributed by atoms with Crippen LogP contribution in [0.2, 0.25) is 0 Å². The highest BCUT2D eigenvalue weighted by atomic mass is 79.9. The summed E-state index contributed by atoms with van der Waals surface area (Å²) in [4.78, 5) is 16.6. The topological polar surface area (TPSA) is 75.1 Å². The van der Waals surface area contributed by atoms with Crippen molar-refractivity contribution in [2.24, 2.45) is 0 Å². The maximum Gasteiger partial charge on any atom is 0.197 e. The minimum Gasteiger partial charge on any atom is -0.494 e. The van der Waals surface area contributed by atoms with E-state index in [9.17, 15) is 9.18 Å². The number of Topliss-reactive ketones (excluding diaryl/α,β-unsaturated/α-hetero) is 1. The van der Waals surface area contributed by atoms with Gasteiger partial charge in [-0.25, -0.2) is 4.39 Å². The predicted octanol–water partition coefficient (Wildman–Crippen LogP) is 4.55. The minimum atomic E-state index is -0.661. The molecule has 0 amide bonds. The van der Waals surface area contributed by atoms with Gasteiger partial charge in [0, 0.05) is 31.8 Å². The van der Waals surface area contributed by atoms with Crippen molar-refractivity contribution in [1.82, 2.24) is 4.90 Å². The molecule has 33 heavy (non-hydrogen) atoms. The number of fused-ring (bicyclic) bond motifs is 1. The molecule has 9 heteroatoms. The molecule has 178 valence electrons. The zero-order valence-electron chi connectivity index (χ0n) is 19.7. The van der Waals surface area contributed by atoms with E-state index in [0.29, 0.717) is 16.9 Å². The fraction of sp³-hybridized carbons (Fsp3) is 0.333. The van der Waals surface area contributed by atoms with Gasteiger partial charge >= 0.3 is 0 Å². The fourth-order valence-electron chi connectivity index (χ4n) is 3.86. The van der Waals surface area contributed by atoms with E-state index in [2.05, 4.69) is 6.58 Å². The first-order chi connectivity index (χ1) is 15.1. The molecule has 3 rings (SSSR count). The molecular weight excluding hydrogens is 493 g/mol. The molecule has 1 aliphatic heterocycles. The average Bonchev–Trinajstić information content (AvgIpc) is 3.07. The van der Waals surface area contributed by atoms with Crippen molar-refractivity contribution < 1.29 is 23.4 Å². The Bertz CT molecular complexity index is 1120. The van der Waals surface area contributed by atoms with Crippen LogP contribution in [0.5, 0.6) is 17.2 Å². The maximum absolute atomic E-state index is 15.0. The maximum atomic E-state index is 15.0. The Morgan fingerprint density at radius 2 is 1.79 bits per heavy atom. The first kappa shape index (κ1) is 26.2. The molecule has 0 saturated heterocycles. The predicted molar refractivity (Wildman–Crippen MR) is 133 cm³/mol. The fourth-order valence-corrected chi connectivity index (χ4v) is 3.86. The number of nitrogens with one attached hydrogen (secondary N) is 1. The third kappa shape index (κ3) is 4.68. The molecule has 2 aromatic carbocycles. The van der Waals surface area contributed by atoms with E-state index >= 15 is 0 Å². The number of nitrogens with zero attached hydrogens (tertiary/aromatic N) is 2. The second-order valence-electron chi connectivity index (χ2n) is 7.84. The number of hydrogen-bond acceptors (Lipinski definition) is 6. The highest BCUT2D eigenvalue weighted by molar-refractivity contribution is 8.93. The van der Waals surface area contributed by atoms with E-state index in [0.717, 1.165) is 16.8 Å². The van der Waals surface area contributed by atoms with Crippen LogP contribution in [-0.4, -0.2) is 58.5 Å². The normalized spacial score (nSPS) is 12.1. The van der Waals surface area contributed by atoms with Gasteiger partial charge in [-0.2, -0.15) is 0 Å². The number of amidine groups is 1.